The van der Waals surface area contributed by atoms with Gasteiger partial charge < -0.3 is 4.42 Å². The predicted octanol–water partition coefficient (Wildman–Crippen LogP) is 4.41. The minimum atomic E-state index is 0.683. The first-order chi connectivity index (χ1) is 7.27. The molecule has 0 fully saturated rings. The lowest BCUT2D eigenvalue weighted by Crippen LogP contribution is -1.70. The molecule has 0 bridgehead atoms. The average molecular weight is 219 g/mol. The summed E-state index contributed by atoms with van der Waals surface area (Å²) in [7, 11) is 0. The minimum Gasteiger partial charge on any atom is -0.463 e. The molecule has 2 aromatic rings. The SMILES string of the molecule is Cc1coc(/C=C/c2ccccc2)c1Cl. The third-order valence-electron chi connectivity index (χ3n) is 2.15. The molecule has 0 amide bonds. The first-order valence-electron chi connectivity index (χ1n) is 4.74. The lowest BCUT2D eigenvalue weighted by molar-refractivity contribution is 0.555. The van der Waals surface area contributed by atoms with Crippen molar-refractivity contribution in [2.24, 2.45) is 0 Å². The van der Waals surface area contributed by atoms with Crippen LogP contribution < -0.4 is 0 Å². The van der Waals surface area contributed by atoms with Gasteiger partial charge in [0, 0.05) is 5.56 Å². The third kappa shape index (κ3) is 2.31. The van der Waals surface area contributed by atoms with E-state index in [1.54, 1.807) is 6.26 Å². The van der Waals surface area contributed by atoms with E-state index in [-0.39, 0.29) is 0 Å². The molecule has 0 radical (unpaired) electrons. The summed E-state index contributed by atoms with van der Waals surface area (Å²) in [6.45, 7) is 1.92. The zero-order chi connectivity index (χ0) is 10.7. The molecule has 0 unspecified atom stereocenters. The number of benzene rings is 1. The highest BCUT2D eigenvalue weighted by molar-refractivity contribution is 6.32. The lowest BCUT2D eigenvalue weighted by atomic mass is 10.2. The highest BCUT2D eigenvalue weighted by atomic mass is 35.5. The summed E-state index contributed by atoms with van der Waals surface area (Å²) in [6, 6.07) is 10.0. The summed E-state index contributed by atoms with van der Waals surface area (Å²) in [5.74, 6) is 0.706. The third-order valence-corrected chi connectivity index (χ3v) is 2.64. The summed E-state index contributed by atoms with van der Waals surface area (Å²) in [4.78, 5) is 0. The summed E-state index contributed by atoms with van der Waals surface area (Å²) in [5, 5.41) is 0.683. The Morgan fingerprint density at radius 2 is 1.87 bits per heavy atom. The summed E-state index contributed by atoms with van der Waals surface area (Å²) >= 11 is 6.03. The van der Waals surface area contributed by atoms with Crippen molar-refractivity contribution in [3.63, 3.8) is 0 Å². The number of furan rings is 1. The van der Waals surface area contributed by atoms with Gasteiger partial charge in [-0.1, -0.05) is 48.0 Å². The van der Waals surface area contributed by atoms with Crippen LogP contribution >= 0.6 is 11.6 Å². The molecule has 1 nitrogen and oxygen atoms in total. The molecule has 76 valence electrons. The Morgan fingerprint density at radius 1 is 1.13 bits per heavy atom. The van der Waals surface area contributed by atoms with Crippen LogP contribution in [0.25, 0.3) is 12.2 Å². The van der Waals surface area contributed by atoms with Gasteiger partial charge in [-0.3, -0.25) is 0 Å². The maximum absolute atomic E-state index is 6.03. The highest BCUT2D eigenvalue weighted by Crippen LogP contribution is 2.24. The van der Waals surface area contributed by atoms with Crippen molar-refractivity contribution in [1.29, 1.82) is 0 Å². The van der Waals surface area contributed by atoms with Crippen LogP contribution in [0.4, 0.5) is 0 Å². The molecule has 1 heterocycles. The zero-order valence-electron chi connectivity index (χ0n) is 8.41. The summed E-state index contributed by atoms with van der Waals surface area (Å²) in [5.41, 5.74) is 2.09. The molecule has 0 atom stereocenters. The molecule has 15 heavy (non-hydrogen) atoms. The van der Waals surface area contributed by atoms with Crippen LogP contribution in [0.15, 0.2) is 41.0 Å². The zero-order valence-corrected chi connectivity index (χ0v) is 9.16. The molecular weight excluding hydrogens is 208 g/mol. The minimum absolute atomic E-state index is 0.683. The van der Waals surface area contributed by atoms with Crippen LogP contribution in [0.1, 0.15) is 16.9 Å². The number of rotatable bonds is 2. The predicted molar refractivity (Wildman–Crippen MR) is 63.8 cm³/mol. The molecule has 1 aromatic carbocycles. The van der Waals surface area contributed by atoms with Gasteiger partial charge in [-0.2, -0.15) is 0 Å². The van der Waals surface area contributed by atoms with E-state index in [9.17, 15) is 0 Å². The molecule has 0 spiro atoms. The Morgan fingerprint density at radius 3 is 2.47 bits per heavy atom. The second kappa shape index (κ2) is 4.37. The number of hydrogen-bond acceptors (Lipinski definition) is 1. The van der Waals surface area contributed by atoms with Gasteiger partial charge in [0.1, 0.15) is 5.76 Å². The smallest absolute Gasteiger partial charge is 0.145 e. The van der Waals surface area contributed by atoms with Crippen LogP contribution in [0.5, 0.6) is 0 Å². The van der Waals surface area contributed by atoms with Crippen LogP contribution in [-0.2, 0) is 0 Å². The van der Waals surface area contributed by atoms with Crippen LogP contribution in [0.3, 0.4) is 0 Å². The van der Waals surface area contributed by atoms with E-state index in [1.807, 2.05) is 49.4 Å². The van der Waals surface area contributed by atoms with Crippen molar-refractivity contribution in [3.8, 4) is 0 Å². The second-order valence-electron chi connectivity index (χ2n) is 3.34. The Balaban J connectivity index is 2.23. The van der Waals surface area contributed by atoms with Gasteiger partial charge in [-0.05, 0) is 18.6 Å². The lowest BCUT2D eigenvalue weighted by Gasteiger charge is -1.91. The van der Waals surface area contributed by atoms with E-state index in [2.05, 4.69) is 0 Å². The molecule has 0 aliphatic carbocycles. The first kappa shape index (κ1) is 10.1. The quantitative estimate of drug-likeness (QED) is 0.728. The van der Waals surface area contributed by atoms with Gasteiger partial charge in [0.25, 0.3) is 0 Å². The Labute approximate surface area is 94.0 Å². The van der Waals surface area contributed by atoms with E-state index in [1.165, 1.54) is 0 Å². The van der Waals surface area contributed by atoms with E-state index in [4.69, 9.17) is 16.0 Å². The van der Waals surface area contributed by atoms with Gasteiger partial charge in [-0.25, -0.2) is 0 Å². The molecular formula is C13H11ClO. The molecule has 0 N–H and O–H groups in total. The fourth-order valence-corrected chi connectivity index (χ4v) is 1.45. The molecule has 0 saturated heterocycles. The van der Waals surface area contributed by atoms with Gasteiger partial charge in [0.2, 0.25) is 0 Å². The average Bonchev–Trinajstić information content (AvgIpc) is 2.59. The molecule has 1 aromatic heterocycles. The van der Waals surface area contributed by atoms with Crippen LogP contribution in [-0.4, -0.2) is 0 Å². The Kier molecular flexibility index (Phi) is 2.93. The normalized spacial score (nSPS) is 11.1. The topological polar surface area (TPSA) is 13.1 Å². The van der Waals surface area contributed by atoms with Gasteiger partial charge in [-0.15, -0.1) is 0 Å². The molecule has 2 rings (SSSR count). The van der Waals surface area contributed by atoms with Crippen LogP contribution in [0, 0.1) is 6.92 Å². The second-order valence-corrected chi connectivity index (χ2v) is 3.72. The van der Waals surface area contributed by atoms with E-state index >= 15 is 0 Å². The molecule has 0 saturated carbocycles. The van der Waals surface area contributed by atoms with Gasteiger partial charge >= 0.3 is 0 Å². The van der Waals surface area contributed by atoms with Crippen molar-refractivity contribution in [1.82, 2.24) is 0 Å². The molecule has 0 aliphatic heterocycles. The molecule has 2 heteroatoms. The van der Waals surface area contributed by atoms with Crippen molar-refractivity contribution in [2.75, 3.05) is 0 Å². The number of hydrogen-bond donors (Lipinski definition) is 0. The summed E-state index contributed by atoms with van der Waals surface area (Å²) < 4.78 is 5.30. The molecule has 0 aliphatic rings. The van der Waals surface area contributed by atoms with Crippen molar-refractivity contribution in [2.45, 2.75) is 6.92 Å². The number of halogens is 1. The Hall–Kier alpha value is -1.47. The maximum atomic E-state index is 6.03. The van der Waals surface area contributed by atoms with E-state index < -0.39 is 0 Å². The van der Waals surface area contributed by atoms with E-state index in [0.29, 0.717) is 10.8 Å². The number of aryl methyl sites for hydroxylation is 1. The standard InChI is InChI=1S/C13H11ClO/c1-10-9-15-12(13(10)14)8-7-11-5-3-2-4-6-11/h2-9H,1H3/b8-7+. The maximum Gasteiger partial charge on any atom is 0.145 e. The summed E-state index contributed by atoms with van der Waals surface area (Å²) in [6.07, 6.45) is 5.52. The Bertz CT molecular complexity index is 469. The first-order valence-corrected chi connectivity index (χ1v) is 5.12. The van der Waals surface area contributed by atoms with E-state index in [0.717, 1.165) is 11.1 Å². The van der Waals surface area contributed by atoms with Crippen molar-refractivity contribution in [3.05, 3.63) is 58.5 Å². The van der Waals surface area contributed by atoms with Crippen LogP contribution in [0.2, 0.25) is 5.02 Å². The van der Waals surface area contributed by atoms with Crippen molar-refractivity contribution < 1.29 is 4.42 Å². The fraction of sp³-hybridized carbons (Fsp3) is 0.0769. The van der Waals surface area contributed by atoms with Gasteiger partial charge in [0.05, 0.1) is 11.3 Å². The fourth-order valence-electron chi connectivity index (χ4n) is 1.30. The monoisotopic (exact) mass is 218 g/mol. The largest absolute Gasteiger partial charge is 0.463 e. The van der Waals surface area contributed by atoms with Crippen molar-refractivity contribution >= 4 is 23.8 Å². The van der Waals surface area contributed by atoms with Gasteiger partial charge in [0.15, 0.2) is 0 Å². The highest BCUT2D eigenvalue weighted by Gasteiger charge is 2.03.